The van der Waals surface area contributed by atoms with Crippen LogP contribution in [0.3, 0.4) is 0 Å². The highest BCUT2D eigenvalue weighted by Gasteiger charge is 2.33. The molecule has 0 fully saturated rings. The molecule has 0 aliphatic carbocycles. The fraction of sp³-hybridized carbons (Fsp3) is 0.310. The molecule has 2 amide bonds. The molecule has 0 aliphatic heterocycles. The lowest BCUT2D eigenvalue weighted by atomic mass is 10.1. The van der Waals surface area contributed by atoms with Crippen molar-refractivity contribution in [2.45, 2.75) is 50.7 Å². The quantitative estimate of drug-likeness (QED) is 0.255. The van der Waals surface area contributed by atoms with Gasteiger partial charge in [-0.05, 0) is 80.4 Å². The van der Waals surface area contributed by atoms with Crippen LogP contribution in [-0.2, 0) is 26.2 Å². The maximum Gasteiger partial charge on any atom is 0.264 e. The maximum atomic E-state index is 14.0. The van der Waals surface area contributed by atoms with E-state index in [2.05, 4.69) is 5.32 Å². The number of carbonyl (C=O) groups excluding carboxylic acids is 2. The third-order valence-corrected chi connectivity index (χ3v) is 9.29. The molecule has 0 spiro atoms. The predicted octanol–water partition coefficient (Wildman–Crippen LogP) is 6.18. The summed E-state index contributed by atoms with van der Waals surface area (Å²) in [6, 6.07) is 15.9. The molecule has 0 heterocycles. The summed E-state index contributed by atoms with van der Waals surface area (Å²) in [5, 5.41) is 3.81. The van der Waals surface area contributed by atoms with Crippen molar-refractivity contribution in [3.05, 3.63) is 87.4 Å². The molecule has 3 aromatic rings. The molecule has 0 unspecified atom stereocenters. The van der Waals surface area contributed by atoms with E-state index in [0.29, 0.717) is 27.8 Å². The van der Waals surface area contributed by atoms with Crippen molar-refractivity contribution < 1.29 is 22.7 Å². The fourth-order valence-electron chi connectivity index (χ4n) is 3.92. The number of methoxy groups -OCH3 is 1. The van der Waals surface area contributed by atoms with Crippen LogP contribution in [0, 0.1) is 0 Å². The Labute approximate surface area is 256 Å². The molecule has 0 aliphatic rings. The predicted molar refractivity (Wildman–Crippen MR) is 163 cm³/mol. The van der Waals surface area contributed by atoms with Gasteiger partial charge in [-0.15, -0.1) is 0 Å². The van der Waals surface area contributed by atoms with Gasteiger partial charge < -0.3 is 15.0 Å². The lowest BCUT2D eigenvalue weighted by molar-refractivity contribution is -0.139. The number of sulfonamides is 1. The standard InChI is InChI=1S/C29H32Cl3N3O5S/c1-5-19(2)33-29(37)20(3)34(17-21-9-14-26(31)27(32)15-21)28(36)18-35(23-8-6-7-22(30)16-23)41(38,39)25-12-10-24(40-4)11-13-25/h6-16,19-20H,5,17-18H2,1-4H3,(H,33,37)/t19-,20-/m1/s1. The van der Waals surface area contributed by atoms with Crippen molar-refractivity contribution in [3.8, 4) is 5.75 Å². The number of carbonyl (C=O) groups is 2. The van der Waals surface area contributed by atoms with E-state index < -0.39 is 28.5 Å². The van der Waals surface area contributed by atoms with E-state index in [9.17, 15) is 18.0 Å². The Morgan fingerprint density at radius 1 is 0.951 bits per heavy atom. The van der Waals surface area contributed by atoms with E-state index in [0.717, 1.165) is 4.31 Å². The number of rotatable bonds is 12. The van der Waals surface area contributed by atoms with E-state index in [1.54, 1.807) is 43.3 Å². The van der Waals surface area contributed by atoms with Crippen LogP contribution >= 0.6 is 34.8 Å². The molecular formula is C29H32Cl3N3O5S. The first-order valence-electron chi connectivity index (χ1n) is 12.8. The molecule has 12 heteroatoms. The van der Waals surface area contributed by atoms with Gasteiger partial charge in [-0.2, -0.15) is 0 Å². The summed E-state index contributed by atoms with van der Waals surface area (Å²) in [6.45, 7) is 4.77. The first-order valence-corrected chi connectivity index (χ1v) is 15.4. The summed E-state index contributed by atoms with van der Waals surface area (Å²) in [4.78, 5) is 28.4. The summed E-state index contributed by atoms with van der Waals surface area (Å²) >= 11 is 18.5. The maximum absolute atomic E-state index is 14.0. The summed E-state index contributed by atoms with van der Waals surface area (Å²) in [7, 11) is -2.77. The summed E-state index contributed by atoms with van der Waals surface area (Å²) < 4.78 is 33.9. The highest BCUT2D eigenvalue weighted by Crippen LogP contribution is 2.28. The molecule has 0 saturated carbocycles. The molecule has 3 rings (SSSR count). The molecule has 3 aromatic carbocycles. The summed E-state index contributed by atoms with van der Waals surface area (Å²) in [5.41, 5.74) is 0.802. The van der Waals surface area contributed by atoms with Gasteiger partial charge in [0, 0.05) is 17.6 Å². The first kappa shape index (κ1) is 32.5. The van der Waals surface area contributed by atoms with Crippen molar-refractivity contribution in [2.75, 3.05) is 18.0 Å². The molecule has 220 valence electrons. The van der Waals surface area contributed by atoms with Gasteiger partial charge in [0.2, 0.25) is 11.8 Å². The second kappa shape index (κ2) is 14.3. The number of benzene rings is 3. The molecule has 41 heavy (non-hydrogen) atoms. The Morgan fingerprint density at radius 3 is 2.22 bits per heavy atom. The average Bonchev–Trinajstić information content (AvgIpc) is 2.95. The van der Waals surface area contributed by atoms with Gasteiger partial charge in [0.1, 0.15) is 18.3 Å². The van der Waals surface area contributed by atoms with Gasteiger partial charge in [-0.1, -0.05) is 53.9 Å². The zero-order valence-corrected chi connectivity index (χ0v) is 26.2. The van der Waals surface area contributed by atoms with E-state index in [4.69, 9.17) is 39.5 Å². The Bertz CT molecular complexity index is 1490. The number of nitrogens with zero attached hydrogens (tertiary/aromatic N) is 2. The second-order valence-corrected chi connectivity index (χ2v) is 12.5. The number of hydrogen-bond acceptors (Lipinski definition) is 5. The Kier molecular flexibility index (Phi) is 11.3. The Balaban J connectivity index is 2.04. The van der Waals surface area contributed by atoms with Crippen LogP contribution < -0.4 is 14.4 Å². The highest BCUT2D eigenvalue weighted by molar-refractivity contribution is 7.92. The number of halogens is 3. The molecule has 2 atom stereocenters. The van der Waals surface area contributed by atoms with Crippen LogP contribution in [0.5, 0.6) is 5.75 Å². The van der Waals surface area contributed by atoms with E-state index >= 15 is 0 Å². The lowest BCUT2D eigenvalue weighted by Gasteiger charge is -2.32. The zero-order valence-electron chi connectivity index (χ0n) is 23.1. The van der Waals surface area contributed by atoms with E-state index in [1.807, 2.05) is 13.8 Å². The highest BCUT2D eigenvalue weighted by atomic mass is 35.5. The fourth-order valence-corrected chi connectivity index (χ4v) is 5.83. The van der Waals surface area contributed by atoms with Gasteiger partial charge in [-0.25, -0.2) is 8.42 Å². The van der Waals surface area contributed by atoms with Crippen LogP contribution in [0.4, 0.5) is 5.69 Å². The minimum atomic E-state index is -4.25. The van der Waals surface area contributed by atoms with E-state index in [1.165, 1.54) is 42.3 Å². The summed E-state index contributed by atoms with van der Waals surface area (Å²) in [6.07, 6.45) is 0.696. The summed E-state index contributed by atoms with van der Waals surface area (Å²) in [5.74, 6) is -0.511. The molecule has 1 N–H and O–H groups in total. The van der Waals surface area contributed by atoms with Crippen LogP contribution in [0.25, 0.3) is 0 Å². The number of amides is 2. The van der Waals surface area contributed by atoms with Gasteiger partial charge in [0.25, 0.3) is 10.0 Å². The second-order valence-electron chi connectivity index (χ2n) is 9.43. The minimum Gasteiger partial charge on any atom is -0.497 e. The van der Waals surface area contributed by atoms with Crippen LogP contribution in [-0.4, -0.2) is 50.9 Å². The van der Waals surface area contributed by atoms with Crippen molar-refractivity contribution in [1.29, 1.82) is 0 Å². The molecule has 0 aromatic heterocycles. The Hall–Kier alpha value is -2.98. The number of anilines is 1. The SMILES string of the molecule is CC[C@@H](C)NC(=O)[C@@H](C)N(Cc1ccc(Cl)c(Cl)c1)C(=O)CN(c1cccc(Cl)c1)S(=O)(=O)c1ccc(OC)cc1. The normalized spacial score (nSPS) is 12.8. The van der Waals surface area contributed by atoms with Gasteiger partial charge >= 0.3 is 0 Å². The van der Waals surface area contributed by atoms with Crippen molar-refractivity contribution >= 4 is 62.3 Å². The van der Waals surface area contributed by atoms with Crippen molar-refractivity contribution in [2.24, 2.45) is 0 Å². The van der Waals surface area contributed by atoms with Crippen LogP contribution in [0.1, 0.15) is 32.8 Å². The molecular weight excluding hydrogens is 609 g/mol. The van der Waals surface area contributed by atoms with Crippen LogP contribution in [0.2, 0.25) is 15.1 Å². The largest absolute Gasteiger partial charge is 0.497 e. The monoisotopic (exact) mass is 639 g/mol. The van der Waals surface area contributed by atoms with Gasteiger partial charge in [-0.3, -0.25) is 13.9 Å². The Morgan fingerprint density at radius 2 is 1.63 bits per heavy atom. The third kappa shape index (κ3) is 8.29. The average molecular weight is 641 g/mol. The molecule has 8 nitrogen and oxygen atoms in total. The smallest absolute Gasteiger partial charge is 0.264 e. The lowest BCUT2D eigenvalue weighted by Crippen LogP contribution is -2.52. The van der Waals surface area contributed by atoms with Gasteiger partial charge in [0.05, 0.1) is 27.7 Å². The number of ether oxygens (including phenoxy) is 1. The third-order valence-electron chi connectivity index (χ3n) is 6.53. The van der Waals surface area contributed by atoms with E-state index in [-0.39, 0.29) is 34.1 Å². The number of hydrogen-bond donors (Lipinski definition) is 1. The first-order chi connectivity index (χ1) is 19.4. The molecule has 0 saturated heterocycles. The zero-order chi connectivity index (χ0) is 30.3. The molecule has 0 radical (unpaired) electrons. The molecule has 0 bridgehead atoms. The van der Waals surface area contributed by atoms with Crippen molar-refractivity contribution in [1.82, 2.24) is 10.2 Å². The number of nitrogens with one attached hydrogen (secondary N) is 1. The minimum absolute atomic E-state index is 0.0171. The van der Waals surface area contributed by atoms with Crippen molar-refractivity contribution in [3.63, 3.8) is 0 Å². The van der Waals surface area contributed by atoms with Gasteiger partial charge in [0.15, 0.2) is 0 Å². The topological polar surface area (TPSA) is 96.0 Å². The van der Waals surface area contributed by atoms with Crippen LogP contribution in [0.15, 0.2) is 71.6 Å².